The van der Waals surface area contributed by atoms with Gasteiger partial charge in [-0.15, -0.1) is 0 Å². The number of amides is 1. The topological polar surface area (TPSA) is 44.4 Å². The van der Waals surface area contributed by atoms with Crippen LogP contribution in [0.1, 0.15) is 18.4 Å². The van der Waals surface area contributed by atoms with E-state index in [2.05, 4.69) is 17.6 Å². The number of anilines is 2. The molecule has 0 saturated heterocycles. The van der Waals surface area contributed by atoms with Crippen LogP contribution in [-0.4, -0.2) is 33.6 Å². The van der Waals surface area contributed by atoms with Crippen LogP contribution in [0.2, 0.25) is 0 Å². The molecule has 0 unspecified atom stereocenters. The Kier molecular flexibility index (Phi) is 5.65. The predicted octanol–water partition coefficient (Wildman–Crippen LogP) is 2.00. The van der Waals surface area contributed by atoms with Crippen molar-refractivity contribution < 1.29 is 4.79 Å². The van der Waals surface area contributed by atoms with Crippen LogP contribution in [0.4, 0.5) is 11.4 Å². The van der Waals surface area contributed by atoms with Crippen LogP contribution in [0.3, 0.4) is 0 Å². The highest BCUT2D eigenvalue weighted by Gasteiger charge is 2.05. The van der Waals surface area contributed by atoms with E-state index in [0.29, 0.717) is 6.42 Å². The van der Waals surface area contributed by atoms with Crippen molar-refractivity contribution in [3.63, 3.8) is 0 Å². The zero-order valence-electron chi connectivity index (χ0n) is 11.7. The first-order valence-corrected chi connectivity index (χ1v) is 6.27. The highest BCUT2D eigenvalue weighted by molar-refractivity contribution is 5.91. The highest BCUT2D eigenvalue weighted by atomic mass is 16.1. The molecule has 0 radical (unpaired) electrons. The van der Waals surface area contributed by atoms with Gasteiger partial charge in [0.05, 0.1) is 0 Å². The van der Waals surface area contributed by atoms with E-state index in [-0.39, 0.29) is 5.91 Å². The Morgan fingerprint density at radius 2 is 2.06 bits per heavy atom. The van der Waals surface area contributed by atoms with E-state index in [1.54, 1.807) is 0 Å². The standard InChI is InChI=1S/C14H23N3O/c1-11-7-8-12(10-13(11)17(3)4)16-14(18)6-5-9-15-2/h7-8,10,15H,5-6,9H2,1-4H3,(H,16,18). The Hall–Kier alpha value is -1.55. The zero-order chi connectivity index (χ0) is 13.5. The largest absolute Gasteiger partial charge is 0.377 e. The van der Waals surface area contributed by atoms with E-state index in [1.807, 2.05) is 44.2 Å². The number of carbonyl (C=O) groups excluding carboxylic acids is 1. The van der Waals surface area contributed by atoms with Crippen LogP contribution in [-0.2, 0) is 4.79 Å². The zero-order valence-corrected chi connectivity index (χ0v) is 11.7. The van der Waals surface area contributed by atoms with Crippen molar-refractivity contribution in [2.45, 2.75) is 19.8 Å². The normalized spacial score (nSPS) is 10.2. The maximum absolute atomic E-state index is 11.7. The third kappa shape index (κ3) is 4.37. The summed E-state index contributed by atoms with van der Waals surface area (Å²) < 4.78 is 0. The van der Waals surface area contributed by atoms with Crippen molar-refractivity contribution in [2.24, 2.45) is 0 Å². The molecular weight excluding hydrogens is 226 g/mol. The molecule has 0 heterocycles. The number of hydrogen-bond donors (Lipinski definition) is 2. The van der Waals surface area contributed by atoms with Crippen LogP contribution >= 0.6 is 0 Å². The minimum absolute atomic E-state index is 0.0683. The van der Waals surface area contributed by atoms with E-state index in [1.165, 1.54) is 5.56 Å². The lowest BCUT2D eigenvalue weighted by molar-refractivity contribution is -0.116. The molecule has 4 heteroatoms. The van der Waals surface area contributed by atoms with Gasteiger partial charge in [-0.1, -0.05) is 6.07 Å². The van der Waals surface area contributed by atoms with Gasteiger partial charge in [0, 0.05) is 31.9 Å². The second-order valence-electron chi connectivity index (χ2n) is 4.65. The number of benzene rings is 1. The smallest absolute Gasteiger partial charge is 0.224 e. The molecule has 0 aromatic heterocycles. The molecule has 0 aliphatic rings. The Morgan fingerprint density at radius 1 is 1.33 bits per heavy atom. The van der Waals surface area contributed by atoms with Crippen molar-refractivity contribution in [1.82, 2.24) is 5.32 Å². The van der Waals surface area contributed by atoms with Crippen molar-refractivity contribution in [2.75, 3.05) is 37.9 Å². The molecular formula is C14H23N3O. The minimum atomic E-state index is 0.0683. The van der Waals surface area contributed by atoms with E-state index in [4.69, 9.17) is 0 Å². The van der Waals surface area contributed by atoms with Crippen molar-refractivity contribution in [3.05, 3.63) is 23.8 Å². The van der Waals surface area contributed by atoms with Crippen molar-refractivity contribution in [1.29, 1.82) is 0 Å². The minimum Gasteiger partial charge on any atom is -0.377 e. The monoisotopic (exact) mass is 249 g/mol. The number of nitrogens with one attached hydrogen (secondary N) is 2. The van der Waals surface area contributed by atoms with Crippen LogP contribution < -0.4 is 15.5 Å². The van der Waals surface area contributed by atoms with E-state index in [9.17, 15) is 4.79 Å². The third-order valence-corrected chi connectivity index (χ3v) is 2.81. The lowest BCUT2D eigenvalue weighted by Gasteiger charge is -2.17. The number of aryl methyl sites for hydroxylation is 1. The summed E-state index contributed by atoms with van der Waals surface area (Å²) in [6, 6.07) is 5.97. The van der Waals surface area contributed by atoms with E-state index < -0.39 is 0 Å². The number of rotatable bonds is 6. The molecule has 0 atom stereocenters. The molecule has 100 valence electrons. The molecule has 0 bridgehead atoms. The molecule has 0 aliphatic carbocycles. The second kappa shape index (κ2) is 7.01. The van der Waals surface area contributed by atoms with Gasteiger partial charge >= 0.3 is 0 Å². The average molecular weight is 249 g/mol. The van der Waals surface area contributed by atoms with Crippen molar-refractivity contribution in [3.8, 4) is 0 Å². The summed E-state index contributed by atoms with van der Waals surface area (Å²) in [6.07, 6.45) is 1.40. The molecule has 4 nitrogen and oxygen atoms in total. The maximum Gasteiger partial charge on any atom is 0.224 e. The molecule has 1 aromatic carbocycles. The first kappa shape index (κ1) is 14.5. The second-order valence-corrected chi connectivity index (χ2v) is 4.65. The molecule has 2 N–H and O–H groups in total. The van der Waals surface area contributed by atoms with Gasteiger partial charge in [-0.3, -0.25) is 4.79 Å². The summed E-state index contributed by atoms with van der Waals surface area (Å²) in [4.78, 5) is 13.7. The molecule has 0 spiro atoms. The van der Waals surface area contributed by atoms with Crippen LogP contribution in [0.25, 0.3) is 0 Å². The fourth-order valence-electron chi connectivity index (χ4n) is 1.82. The predicted molar refractivity (Wildman–Crippen MR) is 77.3 cm³/mol. The van der Waals surface area contributed by atoms with Crippen molar-refractivity contribution >= 4 is 17.3 Å². The molecule has 1 rings (SSSR count). The first-order chi connectivity index (χ1) is 8.54. The quantitative estimate of drug-likeness (QED) is 0.758. The van der Waals surface area contributed by atoms with Crippen LogP contribution in [0.15, 0.2) is 18.2 Å². The third-order valence-electron chi connectivity index (χ3n) is 2.81. The SMILES string of the molecule is CNCCCC(=O)Nc1ccc(C)c(N(C)C)c1. The van der Waals surface area contributed by atoms with Gasteiger partial charge in [0.15, 0.2) is 0 Å². The summed E-state index contributed by atoms with van der Waals surface area (Å²) in [5, 5.41) is 5.96. The van der Waals surface area contributed by atoms with Gasteiger partial charge in [-0.25, -0.2) is 0 Å². The average Bonchev–Trinajstić information content (AvgIpc) is 2.31. The van der Waals surface area contributed by atoms with Crippen LogP contribution in [0, 0.1) is 6.92 Å². The Balaban J connectivity index is 2.62. The molecule has 18 heavy (non-hydrogen) atoms. The number of nitrogens with zero attached hydrogens (tertiary/aromatic N) is 1. The van der Waals surface area contributed by atoms with Gasteiger partial charge in [-0.05, 0) is 44.6 Å². The van der Waals surface area contributed by atoms with Crippen LogP contribution in [0.5, 0.6) is 0 Å². The van der Waals surface area contributed by atoms with E-state index in [0.717, 1.165) is 24.3 Å². The van der Waals surface area contributed by atoms with Gasteiger partial charge in [0.25, 0.3) is 0 Å². The summed E-state index contributed by atoms with van der Waals surface area (Å²) in [5.41, 5.74) is 3.19. The Bertz CT molecular complexity index is 402. The lowest BCUT2D eigenvalue weighted by atomic mass is 10.1. The first-order valence-electron chi connectivity index (χ1n) is 6.27. The summed E-state index contributed by atoms with van der Waals surface area (Å²) in [5.74, 6) is 0.0683. The van der Waals surface area contributed by atoms with E-state index >= 15 is 0 Å². The summed E-state index contributed by atoms with van der Waals surface area (Å²) in [6.45, 7) is 2.93. The number of hydrogen-bond acceptors (Lipinski definition) is 3. The molecule has 0 saturated carbocycles. The van der Waals surface area contributed by atoms with Gasteiger partial charge in [-0.2, -0.15) is 0 Å². The maximum atomic E-state index is 11.7. The summed E-state index contributed by atoms with van der Waals surface area (Å²) >= 11 is 0. The molecule has 0 aliphatic heterocycles. The number of carbonyl (C=O) groups is 1. The highest BCUT2D eigenvalue weighted by Crippen LogP contribution is 2.22. The molecule has 0 fully saturated rings. The van der Waals surface area contributed by atoms with Gasteiger partial charge in [0.1, 0.15) is 0 Å². The fourth-order valence-corrected chi connectivity index (χ4v) is 1.82. The van der Waals surface area contributed by atoms with Gasteiger partial charge < -0.3 is 15.5 Å². The molecule has 1 amide bonds. The Labute approximate surface area is 109 Å². The Morgan fingerprint density at radius 3 is 2.67 bits per heavy atom. The summed E-state index contributed by atoms with van der Waals surface area (Å²) in [7, 11) is 5.89. The fraction of sp³-hybridized carbons (Fsp3) is 0.500. The lowest BCUT2D eigenvalue weighted by Crippen LogP contribution is -2.16. The van der Waals surface area contributed by atoms with Gasteiger partial charge in [0.2, 0.25) is 5.91 Å². The molecule has 1 aromatic rings.